The number of Topliss-reactive ketones (excluding diaryl/α,β-unsaturated/α-hetero) is 1. The van der Waals surface area contributed by atoms with Crippen LogP contribution in [0.25, 0.3) is 0 Å². The van der Waals surface area contributed by atoms with Crippen LogP contribution in [0.2, 0.25) is 5.02 Å². The molecule has 1 aromatic carbocycles. The van der Waals surface area contributed by atoms with Gasteiger partial charge in [0.1, 0.15) is 11.5 Å². The topological polar surface area (TPSA) is 84.0 Å². The van der Waals surface area contributed by atoms with Crippen LogP contribution in [0.4, 0.5) is 5.69 Å². The van der Waals surface area contributed by atoms with Crippen LogP contribution >= 0.6 is 11.6 Å². The van der Waals surface area contributed by atoms with Gasteiger partial charge in [-0.2, -0.15) is 5.26 Å². The number of nitro benzene ring substituents is 1. The Bertz CT molecular complexity index is 493. The van der Waals surface area contributed by atoms with Gasteiger partial charge in [0.15, 0.2) is 5.78 Å². The summed E-state index contributed by atoms with van der Waals surface area (Å²) >= 11 is 5.73. The Labute approximate surface area is 96.4 Å². The Morgan fingerprint density at radius 2 is 2.25 bits per heavy atom. The molecule has 1 rings (SSSR count). The van der Waals surface area contributed by atoms with E-state index in [-0.39, 0.29) is 16.3 Å². The molecule has 0 aliphatic heterocycles. The molecule has 16 heavy (non-hydrogen) atoms. The van der Waals surface area contributed by atoms with Gasteiger partial charge in [0.05, 0.1) is 16.0 Å². The lowest BCUT2D eigenvalue weighted by atomic mass is 9.99. The molecule has 0 radical (unpaired) electrons. The first kappa shape index (κ1) is 12.1. The van der Waals surface area contributed by atoms with Gasteiger partial charge in [-0.3, -0.25) is 14.9 Å². The minimum atomic E-state index is -0.960. The van der Waals surface area contributed by atoms with Gasteiger partial charge < -0.3 is 0 Å². The molecule has 0 heterocycles. The summed E-state index contributed by atoms with van der Waals surface area (Å²) in [7, 11) is 0. The van der Waals surface area contributed by atoms with Crippen LogP contribution in [0.15, 0.2) is 18.2 Å². The maximum absolute atomic E-state index is 11.7. The number of ketones is 1. The van der Waals surface area contributed by atoms with E-state index in [4.69, 9.17) is 16.9 Å². The number of hydrogen-bond donors (Lipinski definition) is 0. The predicted molar refractivity (Wildman–Crippen MR) is 57.2 cm³/mol. The molecule has 5 nitrogen and oxygen atoms in total. The zero-order chi connectivity index (χ0) is 12.3. The zero-order valence-electron chi connectivity index (χ0n) is 8.31. The van der Waals surface area contributed by atoms with Gasteiger partial charge in [0.25, 0.3) is 5.69 Å². The predicted octanol–water partition coefficient (Wildman–Crippen LogP) is 2.59. The summed E-state index contributed by atoms with van der Waals surface area (Å²) in [6, 6.07) is 5.67. The number of carbonyl (C=O) groups excluding carboxylic acids is 1. The molecule has 0 amide bonds. The lowest BCUT2D eigenvalue weighted by Gasteiger charge is -2.05. The highest BCUT2D eigenvalue weighted by molar-refractivity contribution is 6.34. The molecule has 0 aliphatic rings. The molecular weight excluding hydrogens is 232 g/mol. The Hall–Kier alpha value is -1.93. The summed E-state index contributed by atoms with van der Waals surface area (Å²) in [6.07, 6.45) is 0. The number of nitriles is 1. The fourth-order valence-electron chi connectivity index (χ4n) is 1.18. The van der Waals surface area contributed by atoms with Crippen LogP contribution in [0.1, 0.15) is 17.3 Å². The molecule has 0 saturated carbocycles. The highest BCUT2D eigenvalue weighted by Crippen LogP contribution is 2.28. The highest BCUT2D eigenvalue weighted by atomic mass is 35.5. The van der Waals surface area contributed by atoms with Crippen molar-refractivity contribution in [2.24, 2.45) is 5.92 Å². The second kappa shape index (κ2) is 4.73. The third kappa shape index (κ3) is 2.18. The average molecular weight is 239 g/mol. The molecule has 0 N–H and O–H groups in total. The van der Waals surface area contributed by atoms with E-state index in [0.717, 1.165) is 0 Å². The van der Waals surface area contributed by atoms with Crippen molar-refractivity contribution in [3.8, 4) is 6.07 Å². The van der Waals surface area contributed by atoms with Gasteiger partial charge in [-0.15, -0.1) is 0 Å². The van der Waals surface area contributed by atoms with Crippen molar-refractivity contribution in [1.82, 2.24) is 0 Å². The van der Waals surface area contributed by atoms with Crippen LogP contribution in [0.5, 0.6) is 0 Å². The third-order valence-corrected chi connectivity index (χ3v) is 2.34. The van der Waals surface area contributed by atoms with Crippen molar-refractivity contribution in [3.63, 3.8) is 0 Å². The Morgan fingerprint density at radius 1 is 1.62 bits per heavy atom. The van der Waals surface area contributed by atoms with E-state index < -0.39 is 16.6 Å². The number of rotatable bonds is 3. The number of nitro groups is 1. The maximum Gasteiger partial charge on any atom is 0.281 e. The fraction of sp³-hybridized carbons (Fsp3) is 0.200. The summed E-state index contributed by atoms with van der Waals surface area (Å²) < 4.78 is 0. The van der Waals surface area contributed by atoms with Crippen LogP contribution in [0.3, 0.4) is 0 Å². The smallest absolute Gasteiger partial charge is 0.281 e. The fourth-order valence-corrected chi connectivity index (χ4v) is 1.45. The summed E-state index contributed by atoms with van der Waals surface area (Å²) in [5, 5.41) is 19.3. The zero-order valence-corrected chi connectivity index (χ0v) is 9.06. The second-order valence-corrected chi connectivity index (χ2v) is 3.51. The monoisotopic (exact) mass is 238 g/mol. The van der Waals surface area contributed by atoms with E-state index in [1.54, 1.807) is 6.07 Å². The van der Waals surface area contributed by atoms with Gasteiger partial charge in [0, 0.05) is 6.07 Å². The summed E-state index contributed by atoms with van der Waals surface area (Å²) in [4.78, 5) is 21.7. The van der Waals surface area contributed by atoms with Gasteiger partial charge in [-0.05, 0) is 13.0 Å². The van der Waals surface area contributed by atoms with Crippen molar-refractivity contribution in [2.75, 3.05) is 0 Å². The normalized spacial score (nSPS) is 11.6. The van der Waals surface area contributed by atoms with Crippen LogP contribution in [-0.4, -0.2) is 10.7 Å². The molecule has 0 aliphatic carbocycles. The van der Waals surface area contributed by atoms with Crippen molar-refractivity contribution in [1.29, 1.82) is 5.26 Å². The number of hydrogen-bond acceptors (Lipinski definition) is 4. The number of benzene rings is 1. The number of halogens is 1. The second-order valence-electron chi connectivity index (χ2n) is 3.11. The maximum atomic E-state index is 11.7. The minimum Gasteiger partial charge on any atom is -0.292 e. The lowest BCUT2D eigenvalue weighted by Crippen LogP contribution is -2.12. The molecule has 6 heteroatoms. The largest absolute Gasteiger partial charge is 0.292 e. The number of nitrogens with zero attached hydrogens (tertiary/aromatic N) is 2. The molecular formula is C10H7ClN2O3. The highest BCUT2D eigenvalue weighted by Gasteiger charge is 2.26. The molecule has 0 fully saturated rings. The molecule has 1 unspecified atom stereocenters. The average Bonchev–Trinajstić information content (AvgIpc) is 2.26. The van der Waals surface area contributed by atoms with Gasteiger partial charge >= 0.3 is 0 Å². The minimum absolute atomic E-state index is 0.0127. The first-order chi connectivity index (χ1) is 7.49. The number of carbonyl (C=O) groups is 1. The van der Waals surface area contributed by atoms with Crippen LogP contribution < -0.4 is 0 Å². The van der Waals surface area contributed by atoms with E-state index in [1.165, 1.54) is 25.1 Å². The van der Waals surface area contributed by atoms with Crippen LogP contribution in [0, 0.1) is 27.4 Å². The molecule has 0 bridgehead atoms. The Balaban J connectivity index is 3.38. The van der Waals surface area contributed by atoms with Crippen molar-refractivity contribution < 1.29 is 9.72 Å². The van der Waals surface area contributed by atoms with Gasteiger partial charge in [-0.1, -0.05) is 17.7 Å². The third-order valence-electron chi connectivity index (χ3n) is 2.02. The van der Waals surface area contributed by atoms with Gasteiger partial charge in [-0.25, -0.2) is 0 Å². The van der Waals surface area contributed by atoms with E-state index >= 15 is 0 Å². The quantitative estimate of drug-likeness (QED) is 0.460. The summed E-state index contributed by atoms with van der Waals surface area (Å²) in [6.45, 7) is 1.37. The standard InChI is InChI=1S/C10H7ClN2O3/c1-6(5-12)10(14)9-7(11)3-2-4-8(9)13(15)16/h2-4,6H,1H3. The van der Waals surface area contributed by atoms with E-state index in [9.17, 15) is 14.9 Å². The summed E-state index contributed by atoms with van der Waals surface area (Å²) in [5.41, 5.74) is -0.581. The van der Waals surface area contributed by atoms with Crippen molar-refractivity contribution in [3.05, 3.63) is 38.9 Å². The van der Waals surface area contributed by atoms with E-state index in [2.05, 4.69) is 0 Å². The molecule has 1 atom stereocenters. The first-order valence-corrected chi connectivity index (χ1v) is 4.73. The molecule has 1 aromatic rings. The Kier molecular flexibility index (Phi) is 3.59. The lowest BCUT2D eigenvalue weighted by molar-refractivity contribution is -0.385. The van der Waals surface area contributed by atoms with Crippen molar-refractivity contribution >= 4 is 23.1 Å². The molecule has 0 saturated heterocycles. The van der Waals surface area contributed by atoms with Crippen molar-refractivity contribution in [2.45, 2.75) is 6.92 Å². The molecule has 0 spiro atoms. The van der Waals surface area contributed by atoms with E-state index in [0.29, 0.717) is 0 Å². The first-order valence-electron chi connectivity index (χ1n) is 4.35. The molecule has 82 valence electrons. The van der Waals surface area contributed by atoms with Crippen LogP contribution in [-0.2, 0) is 0 Å². The van der Waals surface area contributed by atoms with Gasteiger partial charge in [0.2, 0.25) is 0 Å². The SMILES string of the molecule is CC(C#N)C(=O)c1c(Cl)cccc1[N+](=O)[O-]. The molecule has 0 aromatic heterocycles. The van der Waals surface area contributed by atoms with E-state index in [1.807, 2.05) is 0 Å². The Morgan fingerprint density at radius 3 is 2.75 bits per heavy atom. The summed E-state index contributed by atoms with van der Waals surface area (Å²) in [5.74, 6) is -1.60.